The molecular weight excluding hydrogens is 232 g/mol. The van der Waals surface area contributed by atoms with Gasteiger partial charge >= 0.3 is 0 Å². The fourth-order valence-electron chi connectivity index (χ4n) is 3.75. The standard InChI is InChI=1S/C17H34N2/c1-17(2,3)15-9-13-19(14-10-15)12-6-8-16-7-4-5-11-18-16/h15-16,18H,4-14H2,1-3H3. The highest BCUT2D eigenvalue weighted by molar-refractivity contribution is 4.81. The van der Waals surface area contributed by atoms with Crippen LogP contribution >= 0.6 is 0 Å². The molecule has 2 saturated heterocycles. The van der Waals surface area contributed by atoms with Gasteiger partial charge in [-0.1, -0.05) is 27.2 Å². The van der Waals surface area contributed by atoms with Crippen LogP contribution in [0.1, 0.15) is 65.7 Å². The first-order valence-corrected chi connectivity index (χ1v) is 8.51. The smallest absolute Gasteiger partial charge is 0.00675 e. The highest BCUT2D eigenvalue weighted by Crippen LogP contribution is 2.34. The first-order chi connectivity index (χ1) is 9.05. The molecule has 2 heterocycles. The molecule has 2 aliphatic rings. The molecule has 2 aliphatic heterocycles. The van der Waals surface area contributed by atoms with Crippen molar-refractivity contribution < 1.29 is 0 Å². The van der Waals surface area contributed by atoms with Gasteiger partial charge in [-0.25, -0.2) is 0 Å². The largest absolute Gasteiger partial charge is 0.314 e. The molecule has 1 atom stereocenters. The van der Waals surface area contributed by atoms with Crippen LogP contribution < -0.4 is 5.32 Å². The number of hydrogen-bond donors (Lipinski definition) is 1. The van der Waals surface area contributed by atoms with Crippen molar-refractivity contribution >= 4 is 0 Å². The normalized spacial score (nSPS) is 27.6. The van der Waals surface area contributed by atoms with Crippen molar-refractivity contribution in [3.8, 4) is 0 Å². The van der Waals surface area contributed by atoms with E-state index in [0.29, 0.717) is 5.41 Å². The van der Waals surface area contributed by atoms with E-state index in [4.69, 9.17) is 0 Å². The van der Waals surface area contributed by atoms with Gasteiger partial charge in [0.05, 0.1) is 0 Å². The quantitative estimate of drug-likeness (QED) is 0.835. The first kappa shape index (κ1) is 15.3. The van der Waals surface area contributed by atoms with Gasteiger partial charge in [0.1, 0.15) is 0 Å². The van der Waals surface area contributed by atoms with Crippen LogP contribution in [-0.2, 0) is 0 Å². The maximum atomic E-state index is 3.67. The highest BCUT2D eigenvalue weighted by atomic mass is 15.1. The molecule has 2 fully saturated rings. The maximum absolute atomic E-state index is 3.67. The molecule has 1 N–H and O–H groups in total. The average Bonchev–Trinajstić information content (AvgIpc) is 2.39. The molecule has 0 aromatic carbocycles. The average molecular weight is 266 g/mol. The zero-order chi connectivity index (χ0) is 13.7. The Hall–Kier alpha value is -0.0800. The van der Waals surface area contributed by atoms with Crippen molar-refractivity contribution in [3.05, 3.63) is 0 Å². The summed E-state index contributed by atoms with van der Waals surface area (Å²) < 4.78 is 0. The zero-order valence-corrected chi connectivity index (χ0v) is 13.4. The molecule has 0 amide bonds. The second kappa shape index (κ2) is 7.08. The molecule has 0 aliphatic carbocycles. The molecule has 112 valence electrons. The fourth-order valence-corrected chi connectivity index (χ4v) is 3.75. The summed E-state index contributed by atoms with van der Waals surface area (Å²) in [7, 11) is 0. The Morgan fingerprint density at radius 3 is 2.37 bits per heavy atom. The van der Waals surface area contributed by atoms with Gasteiger partial charge in [-0.15, -0.1) is 0 Å². The minimum absolute atomic E-state index is 0.512. The van der Waals surface area contributed by atoms with Gasteiger partial charge in [-0.2, -0.15) is 0 Å². The number of hydrogen-bond acceptors (Lipinski definition) is 2. The van der Waals surface area contributed by atoms with Gasteiger partial charge in [0.2, 0.25) is 0 Å². The SMILES string of the molecule is CC(C)(C)C1CCN(CCCC2CCCCN2)CC1. The molecule has 1 unspecified atom stereocenters. The minimum Gasteiger partial charge on any atom is -0.314 e. The minimum atomic E-state index is 0.512. The summed E-state index contributed by atoms with van der Waals surface area (Å²) in [6, 6.07) is 0.820. The fraction of sp³-hybridized carbons (Fsp3) is 1.00. The molecule has 0 bridgehead atoms. The van der Waals surface area contributed by atoms with Gasteiger partial charge in [0, 0.05) is 6.04 Å². The summed E-state index contributed by atoms with van der Waals surface area (Å²) in [4.78, 5) is 2.70. The second-order valence-electron chi connectivity index (χ2n) is 7.77. The van der Waals surface area contributed by atoms with Gasteiger partial charge < -0.3 is 10.2 Å². The van der Waals surface area contributed by atoms with E-state index in [1.807, 2.05) is 0 Å². The summed E-state index contributed by atoms with van der Waals surface area (Å²) >= 11 is 0. The summed E-state index contributed by atoms with van der Waals surface area (Å²) in [5.41, 5.74) is 0.512. The predicted octanol–water partition coefficient (Wildman–Crippen LogP) is 3.67. The van der Waals surface area contributed by atoms with E-state index in [2.05, 4.69) is 31.0 Å². The molecular formula is C17H34N2. The topological polar surface area (TPSA) is 15.3 Å². The summed E-state index contributed by atoms with van der Waals surface area (Å²) in [5, 5.41) is 3.67. The van der Waals surface area contributed by atoms with Crippen molar-refractivity contribution in [1.82, 2.24) is 10.2 Å². The van der Waals surface area contributed by atoms with E-state index in [9.17, 15) is 0 Å². The van der Waals surface area contributed by atoms with Crippen LogP contribution in [0.2, 0.25) is 0 Å². The Kier molecular flexibility index (Phi) is 5.70. The molecule has 0 saturated carbocycles. The van der Waals surface area contributed by atoms with Gasteiger partial charge in [-0.3, -0.25) is 0 Å². The van der Waals surface area contributed by atoms with E-state index in [1.54, 1.807) is 0 Å². The van der Waals surface area contributed by atoms with Gasteiger partial charge in [0.15, 0.2) is 0 Å². The van der Waals surface area contributed by atoms with Crippen molar-refractivity contribution in [3.63, 3.8) is 0 Å². The zero-order valence-electron chi connectivity index (χ0n) is 13.4. The van der Waals surface area contributed by atoms with Crippen LogP contribution in [0.15, 0.2) is 0 Å². The van der Waals surface area contributed by atoms with E-state index in [-0.39, 0.29) is 0 Å². The molecule has 0 spiro atoms. The van der Waals surface area contributed by atoms with Gasteiger partial charge in [-0.05, 0) is 76.0 Å². The molecule has 0 radical (unpaired) electrons. The lowest BCUT2D eigenvalue weighted by molar-refractivity contribution is 0.110. The Morgan fingerprint density at radius 1 is 1.05 bits per heavy atom. The Labute approximate surface area is 120 Å². The lowest BCUT2D eigenvalue weighted by Gasteiger charge is -2.39. The van der Waals surface area contributed by atoms with E-state index >= 15 is 0 Å². The maximum Gasteiger partial charge on any atom is 0.00675 e. The number of nitrogens with zero attached hydrogens (tertiary/aromatic N) is 1. The molecule has 0 aromatic heterocycles. The number of rotatable bonds is 4. The van der Waals surface area contributed by atoms with Crippen molar-refractivity contribution in [2.45, 2.75) is 71.8 Å². The van der Waals surface area contributed by atoms with Crippen LogP contribution in [0.5, 0.6) is 0 Å². The van der Waals surface area contributed by atoms with Gasteiger partial charge in [0.25, 0.3) is 0 Å². The van der Waals surface area contributed by atoms with E-state index < -0.39 is 0 Å². The van der Waals surface area contributed by atoms with Crippen LogP contribution in [0.3, 0.4) is 0 Å². The third kappa shape index (κ3) is 5.07. The van der Waals surface area contributed by atoms with Crippen LogP contribution in [-0.4, -0.2) is 37.1 Å². The first-order valence-electron chi connectivity index (χ1n) is 8.51. The molecule has 2 rings (SSSR count). The summed E-state index contributed by atoms with van der Waals surface area (Å²) in [5.74, 6) is 0.934. The Balaban J connectivity index is 1.58. The number of likely N-dealkylation sites (tertiary alicyclic amines) is 1. The van der Waals surface area contributed by atoms with Crippen LogP contribution in [0, 0.1) is 11.3 Å². The molecule has 19 heavy (non-hydrogen) atoms. The summed E-state index contributed by atoms with van der Waals surface area (Å²) in [6.07, 6.45) is 9.82. The lowest BCUT2D eigenvalue weighted by atomic mass is 9.75. The number of nitrogens with one attached hydrogen (secondary N) is 1. The third-order valence-corrected chi connectivity index (χ3v) is 5.25. The Bertz CT molecular complexity index is 242. The number of piperidine rings is 2. The van der Waals surface area contributed by atoms with Crippen LogP contribution in [0.25, 0.3) is 0 Å². The molecule has 2 heteroatoms. The Morgan fingerprint density at radius 2 is 1.79 bits per heavy atom. The molecule has 2 nitrogen and oxygen atoms in total. The predicted molar refractivity (Wildman–Crippen MR) is 83.5 cm³/mol. The van der Waals surface area contributed by atoms with E-state index in [0.717, 1.165) is 12.0 Å². The summed E-state index contributed by atoms with van der Waals surface area (Å²) in [6.45, 7) is 12.5. The molecule has 0 aromatic rings. The third-order valence-electron chi connectivity index (χ3n) is 5.25. The van der Waals surface area contributed by atoms with Crippen molar-refractivity contribution in [2.24, 2.45) is 11.3 Å². The highest BCUT2D eigenvalue weighted by Gasteiger charge is 2.28. The monoisotopic (exact) mass is 266 g/mol. The van der Waals surface area contributed by atoms with E-state index in [1.165, 1.54) is 71.1 Å². The lowest BCUT2D eigenvalue weighted by Crippen LogP contribution is -2.39. The van der Waals surface area contributed by atoms with Crippen molar-refractivity contribution in [1.29, 1.82) is 0 Å². The van der Waals surface area contributed by atoms with Crippen LogP contribution in [0.4, 0.5) is 0 Å². The van der Waals surface area contributed by atoms with Crippen molar-refractivity contribution in [2.75, 3.05) is 26.2 Å². The second-order valence-corrected chi connectivity index (χ2v) is 7.77.